The molecule has 0 bridgehead atoms. The first-order chi connectivity index (χ1) is 9.97. The van der Waals surface area contributed by atoms with Gasteiger partial charge < -0.3 is 14.9 Å². The number of piperidine rings is 1. The Morgan fingerprint density at radius 1 is 1.52 bits per heavy atom. The van der Waals surface area contributed by atoms with E-state index in [0.29, 0.717) is 6.04 Å². The van der Waals surface area contributed by atoms with Gasteiger partial charge in [0.05, 0.1) is 0 Å². The standard InChI is InChI=1S/C16H21BrN2O2/c1-18-9-3-4-14(11-18)19(2)15-10-13(17)7-5-12(15)6-8-16(20)21/h5-8,10,14H,3-4,9,11H2,1-2H3,(H,20,21). The molecule has 1 heterocycles. The normalized spacial score (nSPS) is 19.9. The summed E-state index contributed by atoms with van der Waals surface area (Å²) >= 11 is 3.50. The molecule has 0 aromatic heterocycles. The van der Waals surface area contributed by atoms with E-state index in [1.807, 2.05) is 12.1 Å². The first-order valence-corrected chi connectivity index (χ1v) is 7.88. The number of carboxylic acids is 1. The van der Waals surface area contributed by atoms with Crippen LogP contribution in [0.2, 0.25) is 0 Å². The fourth-order valence-corrected chi connectivity index (χ4v) is 3.13. The van der Waals surface area contributed by atoms with Crippen LogP contribution in [0.25, 0.3) is 6.08 Å². The van der Waals surface area contributed by atoms with Gasteiger partial charge >= 0.3 is 5.97 Å². The summed E-state index contributed by atoms with van der Waals surface area (Å²) < 4.78 is 1.00. The SMILES string of the molecule is CN1CCCC(N(C)c2cc(Br)ccc2C=CC(=O)O)C1. The van der Waals surface area contributed by atoms with Crippen molar-refractivity contribution in [3.05, 3.63) is 34.3 Å². The first kappa shape index (κ1) is 16.0. The van der Waals surface area contributed by atoms with E-state index in [0.717, 1.165) is 35.2 Å². The van der Waals surface area contributed by atoms with Gasteiger partial charge in [-0.3, -0.25) is 0 Å². The van der Waals surface area contributed by atoms with Crippen molar-refractivity contribution in [1.82, 2.24) is 4.90 Å². The van der Waals surface area contributed by atoms with Gasteiger partial charge in [0.1, 0.15) is 0 Å². The fraction of sp³-hybridized carbons (Fsp3) is 0.438. The zero-order valence-electron chi connectivity index (χ0n) is 12.4. The number of anilines is 1. The molecule has 0 radical (unpaired) electrons. The third kappa shape index (κ3) is 4.32. The molecule has 1 N–H and O–H groups in total. The summed E-state index contributed by atoms with van der Waals surface area (Å²) in [6, 6.07) is 6.39. The van der Waals surface area contributed by atoms with Gasteiger partial charge in [-0.1, -0.05) is 22.0 Å². The largest absolute Gasteiger partial charge is 0.478 e. The minimum atomic E-state index is -0.927. The van der Waals surface area contributed by atoms with Gasteiger partial charge in [-0.15, -0.1) is 0 Å². The molecule has 5 heteroatoms. The van der Waals surface area contributed by atoms with Crippen molar-refractivity contribution < 1.29 is 9.90 Å². The second-order valence-electron chi connectivity index (χ2n) is 5.54. The number of aliphatic carboxylic acids is 1. The number of benzene rings is 1. The fourth-order valence-electron chi connectivity index (χ4n) is 2.78. The number of carboxylic acid groups (broad SMARTS) is 1. The number of carbonyl (C=O) groups is 1. The summed E-state index contributed by atoms with van der Waals surface area (Å²) in [7, 11) is 4.23. The number of rotatable bonds is 4. The van der Waals surface area contributed by atoms with Crippen LogP contribution in [0.1, 0.15) is 18.4 Å². The highest BCUT2D eigenvalue weighted by Crippen LogP contribution is 2.29. The van der Waals surface area contributed by atoms with Crippen molar-refractivity contribution in [3.63, 3.8) is 0 Å². The summed E-state index contributed by atoms with van der Waals surface area (Å²) in [5.74, 6) is -0.927. The molecule has 1 fully saturated rings. The highest BCUT2D eigenvalue weighted by molar-refractivity contribution is 9.10. The predicted octanol–water partition coefficient (Wildman–Crippen LogP) is 3.08. The van der Waals surface area contributed by atoms with E-state index in [4.69, 9.17) is 5.11 Å². The van der Waals surface area contributed by atoms with E-state index in [2.05, 4.69) is 45.9 Å². The molecule has 1 aliphatic heterocycles. The quantitative estimate of drug-likeness (QED) is 0.845. The Labute approximate surface area is 134 Å². The highest BCUT2D eigenvalue weighted by Gasteiger charge is 2.22. The Morgan fingerprint density at radius 2 is 2.29 bits per heavy atom. The maximum absolute atomic E-state index is 10.7. The predicted molar refractivity (Wildman–Crippen MR) is 89.7 cm³/mol. The van der Waals surface area contributed by atoms with Gasteiger partial charge in [-0.2, -0.15) is 0 Å². The van der Waals surface area contributed by atoms with Gasteiger partial charge in [-0.05, 0) is 50.2 Å². The second kappa shape index (κ2) is 7.09. The molecule has 2 rings (SSSR count). The number of likely N-dealkylation sites (tertiary alicyclic amines) is 1. The van der Waals surface area contributed by atoms with Crippen molar-refractivity contribution >= 4 is 33.7 Å². The van der Waals surface area contributed by atoms with Crippen LogP contribution < -0.4 is 4.90 Å². The van der Waals surface area contributed by atoms with Gasteiger partial charge in [0.15, 0.2) is 0 Å². The third-order valence-electron chi connectivity index (χ3n) is 3.93. The number of nitrogens with zero attached hydrogens (tertiary/aromatic N) is 2. The Hall–Kier alpha value is -1.33. The minimum absolute atomic E-state index is 0.454. The molecule has 1 aromatic carbocycles. The average molecular weight is 353 g/mol. The van der Waals surface area contributed by atoms with Crippen molar-refractivity contribution in [1.29, 1.82) is 0 Å². The van der Waals surface area contributed by atoms with Crippen LogP contribution >= 0.6 is 15.9 Å². The summed E-state index contributed by atoms with van der Waals surface area (Å²) in [5, 5.41) is 8.83. The minimum Gasteiger partial charge on any atom is -0.478 e. The van der Waals surface area contributed by atoms with Gasteiger partial charge in [0, 0.05) is 35.9 Å². The third-order valence-corrected chi connectivity index (χ3v) is 4.42. The summed E-state index contributed by atoms with van der Waals surface area (Å²) in [4.78, 5) is 15.4. The number of halogens is 1. The van der Waals surface area contributed by atoms with Gasteiger partial charge in [-0.25, -0.2) is 4.79 Å². The molecular formula is C16H21BrN2O2. The van der Waals surface area contributed by atoms with Crippen LogP contribution in [0.5, 0.6) is 0 Å². The molecule has 1 aromatic rings. The van der Waals surface area contributed by atoms with Crippen molar-refractivity contribution in [3.8, 4) is 0 Å². The Morgan fingerprint density at radius 3 is 2.95 bits per heavy atom. The molecule has 21 heavy (non-hydrogen) atoms. The summed E-state index contributed by atoms with van der Waals surface area (Å²) in [5.41, 5.74) is 1.98. The van der Waals surface area contributed by atoms with Gasteiger partial charge in [0.2, 0.25) is 0 Å². The van der Waals surface area contributed by atoms with E-state index in [-0.39, 0.29) is 0 Å². The van der Waals surface area contributed by atoms with E-state index in [1.165, 1.54) is 12.5 Å². The maximum Gasteiger partial charge on any atom is 0.328 e. The van der Waals surface area contributed by atoms with E-state index < -0.39 is 5.97 Å². The van der Waals surface area contributed by atoms with Crippen LogP contribution in [-0.4, -0.2) is 49.2 Å². The lowest BCUT2D eigenvalue weighted by Crippen LogP contribution is -2.45. The van der Waals surface area contributed by atoms with Crippen LogP contribution in [0.4, 0.5) is 5.69 Å². The topological polar surface area (TPSA) is 43.8 Å². The molecule has 1 atom stereocenters. The number of hydrogen-bond donors (Lipinski definition) is 1. The van der Waals surface area contributed by atoms with Gasteiger partial charge in [0.25, 0.3) is 0 Å². The monoisotopic (exact) mass is 352 g/mol. The molecule has 1 unspecified atom stereocenters. The smallest absolute Gasteiger partial charge is 0.328 e. The summed E-state index contributed by atoms with van der Waals surface area (Å²) in [6.45, 7) is 2.18. The number of hydrogen-bond acceptors (Lipinski definition) is 3. The molecule has 0 amide bonds. The molecule has 4 nitrogen and oxygen atoms in total. The van der Waals surface area contributed by atoms with Crippen LogP contribution in [0.3, 0.4) is 0 Å². The lowest BCUT2D eigenvalue weighted by atomic mass is 10.0. The zero-order valence-corrected chi connectivity index (χ0v) is 14.0. The number of likely N-dealkylation sites (N-methyl/N-ethyl adjacent to an activating group) is 2. The molecule has 1 aliphatic rings. The molecule has 114 valence electrons. The molecule has 1 saturated heterocycles. The van der Waals surface area contributed by atoms with Crippen LogP contribution in [0.15, 0.2) is 28.7 Å². The molecule has 0 aliphatic carbocycles. The van der Waals surface area contributed by atoms with Crippen molar-refractivity contribution in [2.75, 3.05) is 32.1 Å². The summed E-state index contributed by atoms with van der Waals surface area (Å²) in [6.07, 6.45) is 5.20. The first-order valence-electron chi connectivity index (χ1n) is 7.09. The molecule has 0 saturated carbocycles. The second-order valence-corrected chi connectivity index (χ2v) is 6.46. The Balaban J connectivity index is 2.27. The molecule has 0 spiro atoms. The molecular weight excluding hydrogens is 332 g/mol. The zero-order chi connectivity index (χ0) is 15.4. The van der Waals surface area contributed by atoms with Crippen LogP contribution in [0, 0.1) is 0 Å². The maximum atomic E-state index is 10.7. The van der Waals surface area contributed by atoms with Crippen LogP contribution in [-0.2, 0) is 4.79 Å². The Bertz CT molecular complexity index is 545. The van der Waals surface area contributed by atoms with Crippen molar-refractivity contribution in [2.24, 2.45) is 0 Å². The van der Waals surface area contributed by atoms with E-state index in [1.54, 1.807) is 6.08 Å². The lowest BCUT2D eigenvalue weighted by Gasteiger charge is -2.37. The Kier molecular flexibility index (Phi) is 5.42. The highest BCUT2D eigenvalue weighted by atomic mass is 79.9. The average Bonchev–Trinajstić information content (AvgIpc) is 2.45. The van der Waals surface area contributed by atoms with E-state index in [9.17, 15) is 4.79 Å². The van der Waals surface area contributed by atoms with Crippen molar-refractivity contribution in [2.45, 2.75) is 18.9 Å². The van der Waals surface area contributed by atoms with E-state index >= 15 is 0 Å². The lowest BCUT2D eigenvalue weighted by molar-refractivity contribution is -0.131.